The van der Waals surface area contributed by atoms with E-state index in [9.17, 15) is 9.59 Å². The summed E-state index contributed by atoms with van der Waals surface area (Å²) in [5.41, 5.74) is 4.52. The van der Waals surface area contributed by atoms with Crippen LogP contribution >= 0.6 is 0 Å². The monoisotopic (exact) mass is 480 g/mol. The molecule has 184 valence electrons. The van der Waals surface area contributed by atoms with Crippen molar-refractivity contribution in [2.45, 2.75) is 46.2 Å². The summed E-state index contributed by atoms with van der Waals surface area (Å²) >= 11 is 0. The Balaban J connectivity index is 1.87. The van der Waals surface area contributed by atoms with Gasteiger partial charge in [0, 0.05) is 42.5 Å². The number of pyridine rings is 2. The Labute approximate surface area is 211 Å². The zero-order chi connectivity index (χ0) is 25.6. The van der Waals surface area contributed by atoms with Gasteiger partial charge in [0.2, 0.25) is 0 Å². The minimum Gasteiger partial charge on any atom is -0.353 e. The molecule has 1 atom stereocenters. The number of nitrogens with zero attached hydrogens (tertiary/aromatic N) is 3. The first-order chi connectivity index (χ1) is 17.2. The number of carbonyl (C=O) groups is 1. The van der Waals surface area contributed by atoms with Crippen LogP contribution in [0, 0.1) is 12.3 Å². The van der Waals surface area contributed by atoms with E-state index in [0.29, 0.717) is 42.9 Å². The van der Waals surface area contributed by atoms with Crippen molar-refractivity contribution < 1.29 is 4.79 Å². The number of benzene rings is 1. The lowest BCUT2D eigenvalue weighted by atomic mass is 9.73. The van der Waals surface area contributed by atoms with Crippen LogP contribution in [0.2, 0.25) is 0 Å². The van der Waals surface area contributed by atoms with Crippen molar-refractivity contribution in [1.29, 1.82) is 0 Å². The van der Waals surface area contributed by atoms with Crippen LogP contribution in [0.5, 0.6) is 0 Å². The highest BCUT2D eigenvalue weighted by Crippen LogP contribution is 2.47. The third-order valence-corrected chi connectivity index (χ3v) is 7.08. The van der Waals surface area contributed by atoms with E-state index in [4.69, 9.17) is 0 Å². The second-order valence-corrected chi connectivity index (χ2v) is 10.5. The minimum absolute atomic E-state index is 0.0552. The third kappa shape index (κ3) is 3.96. The van der Waals surface area contributed by atoms with Crippen molar-refractivity contribution >= 4 is 28.2 Å². The van der Waals surface area contributed by atoms with Crippen molar-refractivity contribution in [2.75, 3.05) is 16.8 Å². The number of hydrogen-bond donors (Lipinski definition) is 1. The standard InChI is InChI=1S/C30H32N4O2/c1-6-13-33-24-9-8-12-31-28(24)32-22-17-30(4,5)18-25(35)26(22)27(33)21-16-20-15-19(3)10-11-23(20)34(14-7-2)29(21)36/h6-12,15-16,27H,1-2,13-14,17-18H2,3-5H3,(H,31,32). The van der Waals surface area contributed by atoms with Crippen molar-refractivity contribution in [3.8, 4) is 0 Å². The van der Waals surface area contributed by atoms with Crippen molar-refractivity contribution in [2.24, 2.45) is 5.41 Å². The molecule has 3 aromatic rings. The maximum Gasteiger partial charge on any atom is 0.256 e. The van der Waals surface area contributed by atoms with Crippen LogP contribution < -0.4 is 15.8 Å². The van der Waals surface area contributed by atoms with Gasteiger partial charge in [0.15, 0.2) is 11.6 Å². The van der Waals surface area contributed by atoms with Gasteiger partial charge in [-0.15, -0.1) is 13.2 Å². The maximum absolute atomic E-state index is 14.1. The van der Waals surface area contributed by atoms with Gasteiger partial charge in [-0.25, -0.2) is 4.98 Å². The molecule has 0 saturated heterocycles. The van der Waals surface area contributed by atoms with Crippen molar-refractivity contribution in [3.63, 3.8) is 0 Å². The van der Waals surface area contributed by atoms with Crippen LogP contribution in [0.4, 0.5) is 11.5 Å². The Hall–Kier alpha value is -3.93. The molecule has 6 heteroatoms. The number of allylic oxidation sites excluding steroid dienone is 2. The van der Waals surface area contributed by atoms with Crippen molar-refractivity contribution in [1.82, 2.24) is 9.55 Å². The highest BCUT2D eigenvalue weighted by Gasteiger charge is 2.42. The van der Waals surface area contributed by atoms with Crippen LogP contribution in [-0.2, 0) is 11.3 Å². The van der Waals surface area contributed by atoms with E-state index < -0.39 is 6.04 Å². The summed E-state index contributed by atoms with van der Waals surface area (Å²) < 4.78 is 1.75. The van der Waals surface area contributed by atoms with Crippen LogP contribution in [0.1, 0.15) is 43.9 Å². The predicted octanol–water partition coefficient (Wildman–Crippen LogP) is 5.69. The Kier molecular flexibility index (Phi) is 5.91. The van der Waals surface area contributed by atoms with Gasteiger partial charge in [0.25, 0.3) is 5.56 Å². The molecule has 0 radical (unpaired) electrons. The second kappa shape index (κ2) is 8.94. The predicted molar refractivity (Wildman–Crippen MR) is 146 cm³/mol. The van der Waals surface area contributed by atoms with Crippen molar-refractivity contribution in [3.05, 3.63) is 101 Å². The van der Waals surface area contributed by atoms with Crippen LogP contribution in [0.3, 0.4) is 0 Å². The number of aromatic nitrogens is 2. The number of anilines is 2. The molecule has 5 rings (SSSR count). The fourth-order valence-corrected chi connectivity index (χ4v) is 5.63. The molecule has 0 bridgehead atoms. The fraction of sp³-hybridized carbons (Fsp3) is 0.300. The summed E-state index contributed by atoms with van der Waals surface area (Å²) in [4.78, 5) is 34.6. The summed E-state index contributed by atoms with van der Waals surface area (Å²) in [6.45, 7) is 14.9. The van der Waals surface area contributed by atoms with Gasteiger partial charge < -0.3 is 14.8 Å². The van der Waals surface area contributed by atoms with E-state index in [1.54, 1.807) is 22.9 Å². The second-order valence-electron chi connectivity index (χ2n) is 10.5. The molecule has 2 aromatic heterocycles. The maximum atomic E-state index is 14.1. The lowest BCUT2D eigenvalue weighted by Crippen LogP contribution is -2.39. The molecule has 0 amide bonds. The molecule has 6 nitrogen and oxygen atoms in total. The molecule has 36 heavy (non-hydrogen) atoms. The quantitative estimate of drug-likeness (QED) is 0.475. The first-order valence-corrected chi connectivity index (χ1v) is 12.3. The molecule has 0 saturated carbocycles. The van der Waals surface area contributed by atoms with Gasteiger partial charge in [0.1, 0.15) is 0 Å². The lowest BCUT2D eigenvalue weighted by Gasteiger charge is -2.37. The lowest BCUT2D eigenvalue weighted by molar-refractivity contribution is -0.118. The molecule has 1 aliphatic heterocycles. The molecule has 1 aliphatic carbocycles. The largest absolute Gasteiger partial charge is 0.353 e. The Morgan fingerprint density at radius 1 is 1.11 bits per heavy atom. The summed E-state index contributed by atoms with van der Waals surface area (Å²) in [5, 5.41) is 4.45. The molecule has 2 aliphatic rings. The number of ketones is 1. The van der Waals surface area contributed by atoms with Gasteiger partial charge in [0.05, 0.1) is 17.2 Å². The number of aryl methyl sites for hydroxylation is 1. The fourth-order valence-electron chi connectivity index (χ4n) is 5.63. The summed E-state index contributed by atoms with van der Waals surface area (Å²) in [7, 11) is 0. The highest BCUT2D eigenvalue weighted by atomic mass is 16.1. The zero-order valence-electron chi connectivity index (χ0n) is 21.2. The number of rotatable bonds is 5. The van der Waals surface area contributed by atoms with Gasteiger partial charge in [-0.3, -0.25) is 9.59 Å². The summed E-state index contributed by atoms with van der Waals surface area (Å²) in [6, 6.07) is 11.3. The smallest absolute Gasteiger partial charge is 0.256 e. The summed E-state index contributed by atoms with van der Waals surface area (Å²) in [6.07, 6.45) is 6.39. The molecule has 1 unspecified atom stereocenters. The van der Waals surface area contributed by atoms with Gasteiger partial charge >= 0.3 is 0 Å². The van der Waals surface area contributed by atoms with Crippen LogP contribution in [0.15, 0.2) is 84.0 Å². The number of fused-ring (bicyclic) bond motifs is 2. The highest BCUT2D eigenvalue weighted by molar-refractivity contribution is 6.01. The Morgan fingerprint density at radius 2 is 1.89 bits per heavy atom. The first-order valence-electron chi connectivity index (χ1n) is 12.3. The van der Waals surface area contributed by atoms with E-state index in [1.807, 2.05) is 37.3 Å². The number of nitrogens with one attached hydrogen (secondary N) is 1. The van der Waals surface area contributed by atoms with E-state index in [1.165, 1.54) is 0 Å². The third-order valence-electron chi connectivity index (χ3n) is 7.08. The molecular formula is C30H32N4O2. The molecule has 0 fully saturated rings. The van der Waals surface area contributed by atoms with Gasteiger partial charge in [-0.2, -0.15) is 0 Å². The molecule has 1 aromatic carbocycles. The van der Waals surface area contributed by atoms with E-state index in [0.717, 1.165) is 27.9 Å². The summed E-state index contributed by atoms with van der Waals surface area (Å²) in [5.74, 6) is 0.738. The Morgan fingerprint density at radius 3 is 2.64 bits per heavy atom. The molecule has 1 N–H and O–H groups in total. The van der Waals surface area contributed by atoms with Crippen LogP contribution in [-0.4, -0.2) is 21.9 Å². The van der Waals surface area contributed by atoms with Gasteiger partial charge in [-0.1, -0.05) is 37.6 Å². The van der Waals surface area contributed by atoms with Gasteiger partial charge in [-0.05, 0) is 54.5 Å². The van der Waals surface area contributed by atoms with E-state index >= 15 is 0 Å². The first kappa shape index (κ1) is 23.8. The Bertz CT molecular complexity index is 1490. The number of hydrogen-bond acceptors (Lipinski definition) is 5. The van der Waals surface area contributed by atoms with Crippen LogP contribution in [0.25, 0.3) is 10.9 Å². The van der Waals surface area contributed by atoms with E-state index in [-0.39, 0.29) is 16.8 Å². The SMILES string of the molecule is C=CCN1c2cccnc2NC2=C(C(=O)CC(C)(C)C2)C1c1cc2cc(C)ccc2n(CC=C)c1=O. The average Bonchev–Trinajstić information content (AvgIpc) is 2.95. The van der Waals surface area contributed by atoms with E-state index in [2.05, 4.69) is 48.3 Å². The molecule has 0 spiro atoms. The molecule has 3 heterocycles. The number of carbonyl (C=O) groups excluding carboxylic acids is 1. The zero-order valence-corrected chi connectivity index (χ0v) is 21.2. The topological polar surface area (TPSA) is 67.2 Å². The minimum atomic E-state index is -0.576. The molecular weight excluding hydrogens is 448 g/mol. The normalized spacial score (nSPS) is 18.8. The number of Topliss-reactive ketones (excluding diaryl/α,β-unsaturated/α-hetero) is 1. The average molecular weight is 481 g/mol.